The molecule has 1 atom stereocenters. The van der Waals surface area contributed by atoms with Gasteiger partial charge in [0.15, 0.2) is 0 Å². The summed E-state index contributed by atoms with van der Waals surface area (Å²) in [4.78, 5) is 5.11. The van der Waals surface area contributed by atoms with Crippen LogP contribution in [-0.4, -0.2) is 43.7 Å². The molecule has 0 bridgehead atoms. The van der Waals surface area contributed by atoms with E-state index >= 15 is 0 Å². The van der Waals surface area contributed by atoms with Crippen LogP contribution >= 0.6 is 0 Å². The molecule has 0 aromatic heterocycles. The van der Waals surface area contributed by atoms with E-state index < -0.39 is 0 Å². The van der Waals surface area contributed by atoms with Gasteiger partial charge >= 0.3 is 0 Å². The van der Waals surface area contributed by atoms with Crippen LogP contribution in [0.5, 0.6) is 0 Å². The van der Waals surface area contributed by atoms with Crippen LogP contribution in [0.3, 0.4) is 0 Å². The fourth-order valence-corrected chi connectivity index (χ4v) is 3.26. The molecular weight excluding hydrogens is 258 g/mol. The van der Waals surface area contributed by atoms with Crippen molar-refractivity contribution in [1.29, 1.82) is 0 Å². The zero-order valence-corrected chi connectivity index (χ0v) is 14.1. The first-order valence-electron chi connectivity index (χ1n) is 8.28. The molecule has 1 saturated heterocycles. The minimum absolute atomic E-state index is 0.231. The maximum atomic E-state index is 5.89. The lowest BCUT2D eigenvalue weighted by atomic mass is 10.0. The Morgan fingerprint density at radius 1 is 1.10 bits per heavy atom. The maximum absolute atomic E-state index is 5.89. The Kier molecular flexibility index (Phi) is 5.65. The Labute approximate surface area is 130 Å². The molecule has 1 aliphatic rings. The fraction of sp³-hybridized carbons (Fsp3) is 0.667. The summed E-state index contributed by atoms with van der Waals surface area (Å²) in [5, 5.41) is 0. The first-order valence-corrected chi connectivity index (χ1v) is 8.28. The van der Waals surface area contributed by atoms with Crippen LogP contribution < -0.4 is 10.6 Å². The zero-order chi connectivity index (χ0) is 15.4. The summed E-state index contributed by atoms with van der Waals surface area (Å²) in [6, 6.07) is 7.06. The third-order valence-electron chi connectivity index (χ3n) is 4.16. The molecule has 118 valence electrons. The largest absolute Gasteiger partial charge is 0.369 e. The number of nitrogens with two attached hydrogens (primary N) is 1. The Morgan fingerprint density at radius 3 is 2.29 bits per heavy atom. The number of benzene rings is 1. The van der Waals surface area contributed by atoms with E-state index in [1.54, 1.807) is 0 Å². The number of hydrogen-bond donors (Lipinski definition) is 1. The summed E-state index contributed by atoms with van der Waals surface area (Å²) < 4.78 is 0. The standard InChI is InChI=1S/C18H31N3/c1-14(2)13-20-7-9-21(10-8-20)18-6-5-17(11-15(18)3)12-16(4)19/h5-6,11,14,16H,7-10,12-13,19H2,1-4H3. The Hall–Kier alpha value is -1.06. The first-order chi connectivity index (χ1) is 9.95. The van der Waals surface area contributed by atoms with Gasteiger partial charge in [-0.1, -0.05) is 26.0 Å². The highest BCUT2D eigenvalue weighted by Crippen LogP contribution is 2.23. The third kappa shape index (κ3) is 4.72. The molecule has 1 aromatic rings. The molecule has 0 radical (unpaired) electrons. The van der Waals surface area contributed by atoms with Gasteiger partial charge < -0.3 is 10.6 Å². The van der Waals surface area contributed by atoms with Crippen molar-refractivity contribution < 1.29 is 0 Å². The van der Waals surface area contributed by atoms with Gasteiger partial charge in [0.2, 0.25) is 0 Å². The van der Waals surface area contributed by atoms with Crippen molar-refractivity contribution >= 4 is 5.69 Å². The first kappa shape index (κ1) is 16.3. The van der Waals surface area contributed by atoms with Crippen molar-refractivity contribution in [3.63, 3.8) is 0 Å². The van der Waals surface area contributed by atoms with Gasteiger partial charge in [0.05, 0.1) is 0 Å². The Balaban J connectivity index is 1.97. The second-order valence-electron chi connectivity index (χ2n) is 6.98. The molecule has 1 aromatic carbocycles. The van der Waals surface area contributed by atoms with Gasteiger partial charge in [0.1, 0.15) is 0 Å². The molecule has 1 aliphatic heterocycles. The highest BCUT2D eigenvalue weighted by atomic mass is 15.3. The molecule has 21 heavy (non-hydrogen) atoms. The van der Waals surface area contributed by atoms with Crippen LogP contribution in [0.15, 0.2) is 18.2 Å². The van der Waals surface area contributed by atoms with E-state index in [4.69, 9.17) is 5.73 Å². The minimum atomic E-state index is 0.231. The van der Waals surface area contributed by atoms with Crippen LogP contribution in [0.25, 0.3) is 0 Å². The van der Waals surface area contributed by atoms with Gasteiger partial charge in [-0.25, -0.2) is 0 Å². The van der Waals surface area contributed by atoms with Crippen LogP contribution in [0.1, 0.15) is 31.9 Å². The molecule has 0 amide bonds. The van der Waals surface area contributed by atoms with Gasteiger partial charge in [-0.2, -0.15) is 0 Å². The minimum Gasteiger partial charge on any atom is -0.369 e. The summed E-state index contributed by atoms with van der Waals surface area (Å²) in [6.07, 6.45) is 0.962. The number of hydrogen-bond acceptors (Lipinski definition) is 3. The molecule has 0 aliphatic carbocycles. The average Bonchev–Trinajstić information content (AvgIpc) is 2.39. The smallest absolute Gasteiger partial charge is 0.0397 e. The maximum Gasteiger partial charge on any atom is 0.0397 e. The zero-order valence-electron chi connectivity index (χ0n) is 14.1. The number of rotatable bonds is 5. The van der Waals surface area contributed by atoms with Crippen molar-refractivity contribution in [2.45, 2.75) is 40.2 Å². The van der Waals surface area contributed by atoms with Crippen molar-refractivity contribution in [2.24, 2.45) is 11.7 Å². The topological polar surface area (TPSA) is 32.5 Å². The van der Waals surface area contributed by atoms with Gasteiger partial charge in [-0.05, 0) is 43.4 Å². The normalized spacial score (nSPS) is 18.3. The highest BCUT2D eigenvalue weighted by molar-refractivity contribution is 5.55. The van der Waals surface area contributed by atoms with E-state index in [9.17, 15) is 0 Å². The lowest BCUT2D eigenvalue weighted by Gasteiger charge is -2.37. The van der Waals surface area contributed by atoms with Crippen molar-refractivity contribution in [3.8, 4) is 0 Å². The number of piperazine rings is 1. The van der Waals surface area contributed by atoms with Crippen LogP contribution in [0, 0.1) is 12.8 Å². The second-order valence-corrected chi connectivity index (χ2v) is 6.98. The number of aryl methyl sites for hydroxylation is 1. The molecule has 1 heterocycles. The predicted octanol–water partition coefficient (Wildman–Crippen LogP) is 2.66. The van der Waals surface area contributed by atoms with Crippen molar-refractivity contribution in [3.05, 3.63) is 29.3 Å². The van der Waals surface area contributed by atoms with Gasteiger partial charge in [0.25, 0.3) is 0 Å². The molecule has 2 rings (SSSR count). The number of anilines is 1. The second kappa shape index (κ2) is 7.28. The highest BCUT2D eigenvalue weighted by Gasteiger charge is 2.18. The van der Waals surface area contributed by atoms with E-state index in [-0.39, 0.29) is 6.04 Å². The van der Waals surface area contributed by atoms with Gasteiger partial charge in [-0.3, -0.25) is 4.90 Å². The Bertz CT molecular complexity index is 446. The SMILES string of the molecule is Cc1cc(CC(C)N)ccc1N1CCN(CC(C)C)CC1. The van der Waals surface area contributed by atoms with E-state index in [0.29, 0.717) is 0 Å². The number of nitrogens with zero attached hydrogens (tertiary/aromatic N) is 2. The molecule has 3 heteroatoms. The fourth-order valence-electron chi connectivity index (χ4n) is 3.26. The summed E-state index contributed by atoms with van der Waals surface area (Å²) in [5.74, 6) is 0.760. The van der Waals surface area contributed by atoms with Crippen molar-refractivity contribution in [1.82, 2.24) is 4.90 Å². The van der Waals surface area contributed by atoms with E-state index in [1.807, 2.05) is 0 Å². The van der Waals surface area contributed by atoms with Crippen LogP contribution in [0.2, 0.25) is 0 Å². The lowest BCUT2D eigenvalue weighted by Crippen LogP contribution is -2.47. The molecule has 0 saturated carbocycles. The van der Waals surface area contributed by atoms with Gasteiger partial charge in [0, 0.05) is 44.5 Å². The predicted molar refractivity (Wildman–Crippen MR) is 92.0 cm³/mol. The third-order valence-corrected chi connectivity index (χ3v) is 4.16. The summed E-state index contributed by atoms with van der Waals surface area (Å²) in [5.41, 5.74) is 10.0. The van der Waals surface area contributed by atoms with E-state index in [1.165, 1.54) is 36.4 Å². The summed E-state index contributed by atoms with van der Waals surface area (Å²) in [6.45, 7) is 14.7. The van der Waals surface area contributed by atoms with Gasteiger partial charge in [-0.15, -0.1) is 0 Å². The Morgan fingerprint density at radius 2 is 1.76 bits per heavy atom. The average molecular weight is 289 g/mol. The molecule has 1 fully saturated rings. The van der Waals surface area contributed by atoms with Crippen LogP contribution in [-0.2, 0) is 6.42 Å². The van der Waals surface area contributed by atoms with E-state index in [0.717, 1.165) is 25.4 Å². The summed E-state index contributed by atoms with van der Waals surface area (Å²) in [7, 11) is 0. The lowest BCUT2D eigenvalue weighted by molar-refractivity contribution is 0.231. The van der Waals surface area contributed by atoms with Crippen LogP contribution in [0.4, 0.5) is 5.69 Å². The quantitative estimate of drug-likeness (QED) is 0.904. The monoisotopic (exact) mass is 289 g/mol. The molecule has 2 N–H and O–H groups in total. The molecular formula is C18H31N3. The van der Waals surface area contributed by atoms with E-state index in [2.05, 4.69) is 55.7 Å². The molecule has 1 unspecified atom stereocenters. The summed E-state index contributed by atoms with van der Waals surface area (Å²) >= 11 is 0. The molecule has 0 spiro atoms. The van der Waals surface area contributed by atoms with Crippen molar-refractivity contribution in [2.75, 3.05) is 37.6 Å². The molecule has 3 nitrogen and oxygen atoms in total.